The normalized spacial score (nSPS) is 13.5. The van der Waals surface area contributed by atoms with Crippen molar-refractivity contribution in [3.8, 4) is 0 Å². The second-order valence-corrected chi connectivity index (χ2v) is 24.1. The lowest BCUT2D eigenvalue weighted by molar-refractivity contribution is -0.161. The van der Waals surface area contributed by atoms with E-state index in [0.717, 1.165) is 83.5 Å². The molecule has 0 rings (SSSR count). The Hall–Kier alpha value is -2.56. The minimum atomic E-state index is -4.76. The van der Waals surface area contributed by atoms with Crippen LogP contribution >= 0.6 is 7.82 Å². The number of esters is 3. The van der Waals surface area contributed by atoms with Crippen LogP contribution < -0.4 is 0 Å². The van der Waals surface area contributed by atoms with Crippen LogP contribution in [0.25, 0.3) is 0 Å². The van der Waals surface area contributed by atoms with Crippen molar-refractivity contribution in [2.45, 2.75) is 341 Å². The first-order valence-electron chi connectivity index (χ1n) is 33.5. The summed E-state index contributed by atoms with van der Waals surface area (Å²) in [5.74, 6) is -1.46. The molecule has 0 fully saturated rings. The molecule has 3 atom stereocenters. The number of carbonyl (C=O) groups is 3. The summed E-state index contributed by atoms with van der Waals surface area (Å²) in [5.41, 5.74) is 0. The van der Waals surface area contributed by atoms with E-state index in [1.54, 1.807) is 0 Å². The number of aliphatic hydroxyl groups excluding tert-OH is 1. The average molecular weight is 1150 g/mol. The van der Waals surface area contributed by atoms with Gasteiger partial charge in [0.2, 0.25) is 0 Å². The van der Waals surface area contributed by atoms with Crippen molar-refractivity contribution in [1.29, 1.82) is 0 Å². The Kier molecular flexibility index (Phi) is 60.5. The van der Waals surface area contributed by atoms with Gasteiger partial charge in [-0.25, -0.2) is 4.57 Å². The summed E-state index contributed by atoms with van der Waals surface area (Å²) in [7, 11) is -4.76. The molecule has 0 radical (unpaired) electrons. The molecule has 11 nitrogen and oxygen atoms in total. The van der Waals surface area contributed by atoms with Gasteiger partial charge in [0.05, 0.1) is 19.8 Å². The van der Waals surface area contributed by atoms with Crippen LogP contribution in [-0.2, 0) is 42.2 Å². The number of unbranched alkanes of at least 4 members (excludes halogenated alkanes) is 38. The lowest BCUT2D eigenvalue weighted by atomic mass is 10.1. The fraction of sp³-hybridized carbons (Fsp3) is 0.838. The number of carbonyl (C=O) groups excluding carboxylic acids is 3. The second kappa shape index (κ2) is 62.5. The third-order valence-corrected chi connectivity index (χ3v) is 15.6. The molecule has 0 aliphatic rings. The maximum atomic E-state index is 13.0. The zero-order chi connectivity index (χ0) is 58.3. The molecule has 0 aromatic carbocycles. The molecule has 0 saturated heterocycles. The van der Waals surface area contributed by atoms with Gasteiger partial charge in [-0.15, -0.1) is 0 Å². The van der Waals surface area contributed by atoms with Crippen molar-refractivity contribution in [1.82, 2.24) is 0 Å². The van der Waals surface area contributed by atoms with Crippen LogP contribution in [0.4, 0.5) is 0 Å². The fourth-order valence-corrected chi connectivity index (χ4v) is 10.3. The minimum Gasteiger partial charge on any atom is -0.462 e. The molecule has 3 unspecified atom stereocenters. The number of ether oxygens (including phenoxy) is 3. The van der Waals surface area contributed by atoms with Crippen LogP contribution in [0.15, 0.2) is 48.6 Å². The van der Waals surface area contributed by atoms with E-state index in [1.807, 2.05) is 0 Å². The summed E-state index contributed by atoms with van der Waals surface area (Å²) >= 11 is 0. The molecule has 0 heterocycles. The van der Waals surface area contributed by atoms with E-state index in [0.29, 0.717) is 19.3 Å². The van der Waals surface area contributed by atoms with Gasteiger partial charge in [0.1, 0.15) is 12.7 Å². The summed E-state index contributed by atoms with van der Waals surface area (Å²) in [6.07, 6.45) is 69.1. The highest BCUT2D eigenvalue weighted by Crippen LogP contribution is 2.43. The molecule has 468 valence electrons. The Balaban J connectivity index is 4.69. The van der Waals surface area contributed by atoms with E-state index >= 15 is 0 Å². The van der Waals surface area contributed by atoms with E-state index < -0.39 is 57.8 Å². The Labute approximate surface area is 492 Å². The number of hydrogen-bond donors (Lipinski definition) is 2. The van der Waals surface area contributed by atoms with Crippen molar-refractivity contribution in [3.63, 3.8) is 0 Å². The topological polar surface area (TPSA) is 155 Å². The smallest absolute Gasteiger partial charge is 0.462 e. The predicted octanol–water partition coefficient (Wildman–Crippen LogP) is 20.5. The number of aliphatic hydroxyl groups is 1. The Bertz CT molecular complexity index is 1530. The summed E-state index contributed by atoms with van der Waals surface area (Å²) in [6, 6.07) is 0. The van der Waals surface area contributed by atoms with E-state index in [1.165, 1.54) is 186 Å². The summed E-state index contributed by atoms with van der Waals surface area (Å²) in [6.45, 7) is 4.66. The first-order chi connectivity index (χ1) is 39.2. The zero-order valence-electron chi connectivity index (χ0n) is 52.1. The molecule has 0 spiro atoms. The number of hydrogen-bond acceptors (Lipinski definition) is 10. The monoisotopic (exact) mass is 1150 g/mol. The highest BCUT2D eigenvalue weighted by atomic mass is 31.2. The third kappa shape index (κ3) is 60.0. The molecule has 0 aliphatic heterocycles. The second-order valence-electron chi connectivity index (χ2n) is 22.6. The average Bonchev–Trinajstić information content (AvgIpc) is 3.45. The molecule has 0 aromatic rings. The van der Waals surface area contributed by atoms with Crippen molar-refractivity contribution < 1.29 is 52.2 Å². The number of allylic oxidation sites excluding steroid dienone is 8. The molecule has 0 aromatic heterocycles. The third-order valence-electron chi connectivity index (χ3n) is 14.7. The zero-order valence-corrected chi connectivity index (χ0v) is 53.0. The van der Waals surface area contributed by atoms with E-state index in [9.17, 15) is 28.9 Å². The lowest BCUT2D eigenvalue weighted by Crippen LogP contribution is -2.30. The van der Waals surface area contributed by atoms with E-state index in [4.69, 9.17) is 23.3 Å². The first-order valence-corrected chi connectivity index (χ1v) is 35.0. The number of phosphoric acid groups is 1. The molecule has 80 heavy (non-hydrogen) atoms. The van der Waals surface area contributed by atoms with Crippen molar-refractivity contribution in [2.24, 2.45) is 0 Å². The molecule has 12 heteroatoms. The molecular weight excluding hydrogens is 1020 g/mol. The van der Waals surface area contributed by atoms with Crippen LogP contribution in [0.3, 0.4) is 0 Å². The summed E-state index contributed by atoms with van der Waals surface area (Å²) < 4.78 is 39.7. The van der Waals surface area contributed by atoms with Crippen molar-refractivity contribution >= 4 is 25.7 Å². The van der Waals surface area contributed by atoms with Crippen LogP contribution in [0.1, 0.15) is 329 Å². The summed E-state index contributed by atoms with van der Waals surface area (Å²) in [4.78, 5) is 48.8. The van der Waals surface area contributed by atoms with Crippen molar-refractivity contribution in [2.75, 3.05) is 26.4 Å². The van der Waals surface area contributed by atoms with Gasteiger partial charge in [-0.1, -0.05) is 256 Å². The van der Waals surface area contributed by atoms with Crippen LogP contribution in [-0.4, -0.2) is 66.5 Å². The van der Waals surface area contributed by atoms with E-state index in [2.05, 4.69) is 69.4 Å². The maximum Gasteiger partial charge on any atom is 0.472 e. The van der Waals surface area contributed by atoms with Crippen LogP contribution in [0, 0.1) is 0 Å². The summed E-state index contributed by atoms with van der Waals surface area (Å²) in [5, 5.41) is 9.85. The molecule has 0 bridgehead atoms. The molecule has 0 amide bonds. The van der Waals surface area contributed by atoms with Crippen LogP contribution in [0.5, 0.6) is 0 Å². The Morgan fingerprint density at radius 3 is 0.963 bits per heavy atom. The van der Waals surface area contributed by atoms with Gasteiger partial charge in [-0.05, 0) is 103 Å². The van der Waals surface area contributed by atoms with Crippen LogP contribution in [0.2, 0.25) is 0 Å². The molecule has 0 saturated carbocycles. The van der Waals surface area contributed by atoms with Gasteiger partial charge in [-0.2, -0.15) is 0 Å². The maximum absolute atomic E-state index is 13.0. The molecular formula is C68H125O11P. The lowest BCUT2D eigenvalue weighted by Gasteiger charge is -2.21. The van der Waals surface area contributed by atoms with E-state index in [-0.39, 0.29) is 25.9 Å². The van der Waals surface area contributed by atoms with Gasteiger partial charge in [0.25, 0.3) is 0 Å². The Morgan fingerprint density at radius 1 is 0.350 bits per heavy atom. The highest BCUT2D eigenvalue weighted by Gasteiger charge is 2.28. The standard InChI is InChI=1S/C68H125O11P/c1-4-7-10-13-16-19-22-25-28-30-32-34-37-39-42-45-48-51-54-57-66(70)75-61-65(79-68(72)59-56-53-50-47-44-41-38-35-33-31-29-26-23-20-17-14-11-8-5-2)63-77-80(73,74)76-62-64(60-69)78-67(71)58-55-52-49-46-43-40-36-27-24-21-18-15-12-9-6-3/h18,21,25-29,36,64-65,69H,4-17,19-20,22-24,30-35,37-63H2,1-3H3,(H,73,74)/b21-18-,28-25-,29-26-,36-27-. The molecule has 2 N–H and O–H groups in total. The largest absolute Gasteiger partial charge is 0.472 e. The quantitative estimate of drug-likeness (QED) is 0.0197. The Morgan fingerprint density at radius 2 is 0.613 bits per heavy atom. The molecule has 0 aliphatic carbocycles. The SMILES string of the molecule is CCCCC/C=C\C/C=C\CCCCCCCC(=O)OC(CO)COP(=O)(O)OCC(COC(=O)CCCCCCCCCCC/C=C\CCCCCCCC)OC(=O)CCCCCCCCCCC/C=C\CCCCCCCC. The van der Waals surface area contributed by atoms with Gasteiger partial charge < -0.3 is 24.2 Å². The van der Waals surface area contributed by atoms with Gasteiger partial charge in [-0.3, -0.25) is 23.4 Å². The minimum absolute atomic E-state index is 0.163. The fourth-order valence-electron chi connectivity index (χ4n) is 9.55. The van der Waals surface area contributed by atoms with Gasteiger partial charge >= 0.3 is 25.7 Å². The van der Waals surface area contributed by atoms with Crippen molar-refractivity contribution in [3.05, 3.63) is 48.6 Å². The van der Waals surface area contributed by atoms with Gasteiger partial charge in [0.15, 0.2) is 6.10 Å². The number of phosphoric ester groups is 1. The predicted molar refractivity (Wildman–Crippen MR) is 335 cm³/mol. The first kappa shape index (κ1) is 77.4. The highest BCUT2D eigenvalue weighted by molar-refractivity contribution is 7.47. The van der Waals surface area contributed by atoms with Gasteiger partial charge in [0, 0.05) is 19.3 Å². The number of rotatable bonds is 63.